The maximum atomic E-state index is 14.3. The Morgan fingerprint density at radius 3 is 2.53 bits per heavy atom. The number of benzene rings is 1. The van der Waals surface area contributed by atoms with Crippen molar-refractivity contribution in [2.24, 2.45) is 4.99 Å². The van der Waals surface area contributed by atoms with E-state index in [0.717, 1.165) is 12.5 Å². The number of amides is 1. The van der Waals surface area contributed by atoms with E-state index in [1.165, 1.54) is 12.1 Å². The van der Waals surface area contributed by atoms with Crippen LogP contribution in [0, 0.1) is 11.6 Å². The van der Waals surface area contributed by atoms with Gasteiger partial charge in [-0.25, -0.2) is 8.78 Å². The van der Waals surface area contributed by atoms with E-state index in [0.29, 0.717) is 50.0 Å². The lowest BCUT2D eigenvalue weighted by molar-refractivity contribution is -0.120. The SMILES string of the molecule is CCC(c1ccc(F)cc1F)N1CCN(C(=NC)NCC(=O)NCc2ccco2)CC1.I. The average molecular weight is 561 g/mol. The molecule has 1 aromatic carbocycles. The molecule has 1 amide bonds. The van der Waals surface area contributed by atoms with Crippen LogP contribution in [0.25, 0.3) is 0 Å². The molecular weight excluding hydrogens is 531 g/mol. The lowest BCUT2D eigenvalue weighted by Gasteiger charge is -2.40. The van der Waals surface area contributed by atoms with Gasteiger partial charge in [0.05, 0.1) is 19.4 Å². The third-order valence-electron chi connectivity index (χ3n) is 5.42. The van der Waals surface area contributed by atoms with Gasteiger partial charge < -0.3 is 20.0 Å². The maximum Gasteiger partial charge on any atom is 0.239 e. The van der Waals surface area contributed by atoms with Crippen molar-refractivity contribution in [1.82, 2.24) is 20.4 Å². The predicted octanol–water partition coefficient (Wildman–Crippen LogP) is 3.14. The third-order valence-corrected chi connectivity index (χ3v) is 5.42. The normalized spacial score (nSPS) is 15.8. The molecular formula is C22H30F2IN5O2. The molecule has 7 nitrogen and oxygen atoms in total. The second-order valence-corrected chi connectivity index (χ2v) is 7.37. The summed E-state index contributed by atoms with van der Waals surface area (Å²) in [6.45, 7) is 5.23. The first-order valence-electron chi connectivity index (χ1n) is 10.5. The first kappa shape index (κ1) is 26.0. The first-order valence-corrected chi connectivity index (χ1v) is 10.5. The van der Waals surface area contributed by atoms with Crippen molar-refractivity contribution in [3.8, 4) is 0 Å². The predicted molar refractivity (Wildman–Crippen MR) is 130 cm³/mol. The maximum absolute atomic E-state index is 14.3. The van der Waals surface area contributed by atoms with Gasteiger partial charge in [0.2, 0.25) is 5.91 Å². The fourth-order valence-electron chi connectivity index (χ4n) is 3.84. The van der Waals surface area contributed by atoms with Crippen LogP contribution in [0.15, 0.2) is 46.0 Å². The molecule has 1 unspecified atom stereocenters. The number of carbonyl (C=O) groups excluding carboxylic acids is 1. The minimum atomic E-state index is -0.566. The van der Waals surface area contributed by atoms with E-state index >= 15 is 0 Å². The fraction of sp³-hybridized carbons (Fsp3) is 0.455. The standard InChI is InChI=1S/C22H29F2N5O2.HI/c1-3-20(18-7-6-16(23)13-19(18)24)28-8-10-29(11-9-28)22(25-2)27-15-21(30)26-14-17-5-4-12-31-17;/h4-7,12-13,20H,3,8-11,14-15H2,1-2H3,(H,25,27)(H,26,30);1H. The van der Waals surface area contributed by atoms with Crippen LogP contribution in [0.3, 0.4) is 0 Å². The van der Waals surface area contributed by atoms with Crippen molar-refractivity contribution < 1.29 is 18.0 Å². The fourth-order valence-corrected chi connectivity index (χ4v) is 3.84. The monoisotopic (exact) mass is 561 g/mol. The van der Waals surface area contributed by atoms with Crippen LogP contribution in [0.4, 0.5) is 8.78 Å². The highest BCUT2D eigenvalue weighted by Gasteiger charge is 2.27. The number of hydrogen-bond donors (Lipinski definition) is 2. The molecule has 3 rings (SSSR count). The molecule has 0 radical (unpaired) electrons. The summed E-state index contributed by atoms with van der Waals surface area (Å²) in [5.74, 6) is 0.107. The number of carbonyl (C=O) groups is 1. The Balaban J connectivity index is 0.00000363. The molecule has 10 heteroatoms. The number of aliphatic imine (C=N–C) groups is 1. The minimum absolute atomic E-state index is 0. The summed E-state index contributed by atoms with van der Waals surface area (Å²) in [4.78, 5) is 20.6. The van der Waals surface area contributed by atoms with E-state index in [4.69, 9.17) is 4.42 Å². The van der Waals surface area contributed by atoms with Crippen LogP contribution in [-0.4, -0.2) is 61.4 Å². The Labute approximate surface area is 204 Å². The second kappa shape index (κ2) is 12.7. The molecule has 0 spiro atoms. The van der Waals surface area contributed by atoms with E-state index in [2.05, 4.69) is 25.4 Å². The Morgan fingerprint density at radius 1 is 1.19 bits per heavy atom. The Morgan fingerprint density at radius 2 is 1.94 bits per heavy atom. The number of hydrogen-bond acceptors (Lipinski definition) is 4. The summed E-state index contributed by atoms with van der Waals surface area (Å²) < 4.78 is 32.7. The average Bonchev–Trinajstić information content (AvgIpc) is 3.29. The van der Waals surface area contributed by atoms with Crippen molar-refractivity contribution >= 4 is 35.8 Å². The lowest BCUT2D eigenvalue weighted by Crippen LogP contribution is -2.54. The molecule has 0 aliphatic carbocycles. The number of guanidine groups is 1. The number of halogens is 3. The van der Waals surface area contributed by atoms with E-state index in [1.807, 2.05) is 6.92 Å². The number of nitrogens with one attached hydrogen (secondary N) is 2. The van der Waals surface area contributed by atoms with Gasteiger partial charge in [-0.2, -0.15) is 0 Å². The quantitative estimate of drug-likeness (QED) is 0.309. The van der Waals surface area contributed by atoms with Gasteiger partial charge in [0.25, 0.3) is 0 Å². The van der Waals surface area contributed by atoms with Crippen LogP contribution in [0.2, 0.25) is 0 Å². The number of piperazine rings is 1. The summed E-state index contributed by atoms with van der Waals surface area (Å²) >= 11 is 0. The number of rotatable bonds is 7. The molecule has 2 heterocycles. The molecule has 2 N–H and O–H groups in total. The van der Waals surface area contributed by atoms with Crippen molar-refractivity contribution in [2.45, 2.75) is 25.9 Å². The highest BCUT2D eigenvalue weighted by atomic mass is 127. The van der Waals surface area contributed by atoms with Crippen molar-refractivity contribution in [1.29, 1.82) is 0 Å². The van der Waals surface area contributed by atoms with Crippen molar-refractivity contribution in [3.63, 3.8) is 0 Å². The summed E-state index contributed by atoms with van der Waals surface area (Å²) in [5.41, 5.74) is 0.521. The first-order chi connectivity index (χ1) is 15.0. The van der Waals surface area contributed by atoms with Crippen molar-refractivity contribution in [3.05, 3.63) is 59.6 Å². The largest absolute Gasteiger partial charge is 0.467 e. The zero-order valence-electron chi connectivity index (χ0n) is 18.3. The zero-order chi connectivity index (χ0) is 22.2. The van der Waals surface area contributed by atoms with Gasteiger partial charge in [0, 0.05) is 50.9 Å². The summed E-state index contributed by atoms with van der Waals surface area (Å²) in [7, 11) is 1.68. The Bertz CT molecular complexity index is 886. The van der Waals surface area contributed by atoms with E-state index < -0.39 is 11.6 Å². The molecule has 1 aliphatic heterocycles. The highest BCUT2D eigenvalue weighted by molar-refractivity contribution is 14.0. The van der Waals surface area contributed by atoms with Gasteiger partial charge in [-0.1, -0.05) is 13.0 Å². The summed E-state index contributed by atoms with van der Waals surface area (Å²) in [6, 6.07) is 7.25. The van der Waals surface area contributed by atoms with Gasteiger partial charge in [-0.05, 0) is 24.6 Å². The van der Waals surface area contributed by atoms with Gasteiger partial charge in [-0.3, -0.25) is 14.7 Å². The number of furan rings is 1. The molecule has 176 valence electrons. The van der Waals surface area contributed by atoms with E-state index in [1.54, 1.807) is 25.4 Å². The van der Waals surface area contributed by atoms with E-state index in [-0.39, 0.29) is 42.5 Å². The Kier molecular flexibility index (Phi) is 10.4. The van der Waals surface area contributed by atoms with Crippen LogP contribution in [0.5, 0.6) is 0 Å². The van der Waals surface area contributed by atoms with Gasteiger partial charge in [0.15, 0.2) is 5.96 Å². The van der Waals surface area contributed by atoms with Gasteiger partial charge in [-0.15, -0.1) is 24.0 Å². The molecule has 1 fully saturated rings. The molecule has 1 atom stereocenters. The van der Waals surface area contributed by atoms with Gasteiger partial charge >= 0.3 is 0 Å². The zero-order valence-corrected chi connectivity index (χ0v) is 20.6. The topological polar surface area (TPSA) is 73.1 Å². The molecule has 1 aromatic heterocycles. The minimum Gasteiger partial charge on any atom is -0.467 e. The van der Waals surface area contributed by atoms with Crippen LogP contribution >= 0.6 is 24.0 Å². The Hall–Kier alpha value is -2.21. The lowest BCUT2D eigenvalue weighted by atomic mass is 10.0. The summed E-state index contributed by atoms with van der Waals surface area (Å²) in [6.07, 6.45) is 2.29. The van der Waals surface area contributed by atoms with Gasteiger partial charge in [0.1, 0.15) is 17.4 Å². The third kappa shape index (κ3) is 6.89. The molecule has 1 aliphatic rings. The van der Waals surface area contributed by atoms with Crippen LogP contribution < -0.4 is 10.6 Å². The molecule has 32 heavy (non-hydrogen) atoms. The molecule has 0 saturated carbocycles. The molecule has 1 saturated heterocycles. The number of nitrogens with zero attached hydrogens (tertiary/aromatic N) is 3. The highest BCUT2D eigenvalue weighted by Crippen LogP contribution is 2.28. The molecule has 2 aromatic rings. The van der Waals surface area contributed by atoms with Crippen molar-refractivity contribution in [2.75, 3.05) is 39.8 Å². The molecule has 0 bridgehead atoms. The van der Waals surface area contributed by atoms with Crippen LogP contribution in [0.1, 0.15) is 30.7 Å². The second-order valence-electron chi connectivity index (χ2n) is 7.37. The van der Waals surface area contributed by atoms with Crippen LogP contribution in [-0.2, 0) is 11.3 Å². The summed E-state index contributed by atoms with van der Waals surface area (Å²) in [5, 5.41) is 5.87. The van der Waals surface area contributed by atoms with E-state index in [9.17, 15) is 13.6 Å². The smallest absolute Gasteiger partial charge is 0.239 e.